The van der Waals surface area contributed by atoms with Gasteiger partial charge < -0.3 is 16.6 Å². The Morgan fingerprint density at radius 3 is 2.27 bits per heavy atom. The summed E-state index contributed by atoms with van der Waals surface area (Å²) in [6, 6.07) is 12.4. The van der Waals surface area contributed by atoms with Crippen molar-refractivity contribution in [3.05, 3.63) is 42.5 Å². The maximum absolute atomic E-state index is 9.65. The first-order chi connectivity index (χ1) is 7.18. The number of nitrogen functional groups attached to an aromatic ring is 2. The van der Waals surface area contributed by atoms with Crippen molar-refractivity contribution in [3.8, 4) is 16.9 Å². The normalized spacial score (nSPS) is 10.1. The fourth-order valence-corrected chi connectivity index (χ4v) is 1.46. The van der Waals surface area contributed by atoms with E-state index in [0.717, 1.165) is 11.1 Å². The van der Waals surface area contributed by atoms with Gasteiger partial charge in [0.15, 0.2) is 0 Å². The third-order valence-electron chi connectivity index (χ3n) is 2.30. The van der Waals surface area contributed by atoms with Crippen molar-refractivity contribution < 1.29 is 5.11 Å². The molecule has 0 heterocycles. The van der Waals surface area contributed by atoms with E-state index in [1.165, 1.54) is 0 Å². The number of nitrogens with two attached hydrogens (primary N) is 2. The SMILES string of the molecule is Nc1ccc(-c2ccccc2O)cc1N. The fourth-order valence-electron chi connectivity index (χ4n) is 1.46. The molecule has 0 aliphatic rings. The van der Waals surface area contributed by atoms with Crippen molar-refractivity contribution in [2.75, 3.05) is 11.5 Å². The maximum atomic E-state index is 9.65. The number of phenolic OH excluding ortho intramolecular Hbond substituents is 1. The second-order valence-electron chi connectivity index (χ2n) is 3.36. The fraction of sp³-hybridized carbons (Fsp3) is 0. The Morgan fingerprint density at radius 2 is 1.60 bits per heavy atom. The number of phenols is 1. The third-order valence-corrected chi connectivity index (χ3v) is 2.30. The van der Waals surface area contributed by atoms with E-state index in [2.05, 4.69) is 0 Å². The highest BCUT2D eigenvalue weighted by atomic mass is 16.3. The third kappa shape index (κ3) is 1.72. The standard InChI is InChI=1S/C12H12N2O/c13-10-6-5-8(7-11(10)14)9-3-1-2-4-12(9)15/h1-7,15H,13-14H2. The second kappa shape index (κ2) is 3.53. The average molecular weight is 200 g/mol. The smallest absolute Gasteiger partial charge is 0.123 e. The summed E-state index contributed by atoms with van der Waals surface area (Å²) in [5.74, 6) is 0.238. The molecule has 2 rings (SSSR count). The lowest BCUT2D eigenvalue weighted by Crippen LogP contribution is -1.94. The molecular formula is C12H12N2O. The predicted octanol–water partition coefficient (Wildman–Crippen LogP) is 2.22. The summed E-state index contributed by atoms with van der Waals surface area (Å²) in [5.41, 5.74) is 14.0. The Labute approximate surface area is 88.0 Å². The van der Waals surface area contributed by atoms with Crippen LogP contribution in [0.15, 0.2) is 42.5 Å². The molecule has 5 N–H and O–H groups in total. The molecule has 0 spiro atoms. The zero-order valence-corrected chi connectivity index (χ0v) is 8.14. The zero-order valence-electron chi connectivity index (χ0n) is 8.14. The minimum absolute atomic E-state index is 0.238. The molecule has 0 aromatic heterocycles. The van der Waals surface area contributed by atoms with Crippen molar-refractivity contribution in [2.24, 2.45) is 0 Å². The molecule has 0 fully saturated rings. The molecular weight excluding hydrogens is 188 g/mol. The van der Waals surface area contributed by atoms with Crippen molar-refractivity contribution in [2.45, 2.75) is 0 Å². The lowest BCUT2D eigenvalue weighted by atomic mass is 10.0. The number of anilines is 2. The number of hydrogen-bond acceptors (Lipinski definition) is 3. The Hall–Kier alpha value is -2.16. The molecule has 0 aliphatic heterocycles. The van der Waals surface area contributed by atoms with Crippen LogP contribution in [0.3, 0.4) is 0 Å². The van der Waals surface area contributed by atoms with Gasteiger partial charge in [-0.05, 0) is 23.8 Å². The van der Waals surface area contributed by atoms with E-state index in [0.29, 0.717) is 11.4 Å². The van der Waals surface area contributed by atoms with Crippen LogP contribution in [0.25, 0.3) is 11.1 Å². The van der Waals surface area contributed by atoms with Crippen LogP contribution in [0, 0.1) is 0 Å². The monoisotopic (exact) mass is 200 g/mol. The van der Waals surface area contributed by atoms with E-state index in [4.69, 9.17) is 11.5 Å². The van der Waals surface area contributed by atoms with Crippen LogP contribution < -0.4 is 11.5 Å². The van der Waals surface area contributed by atoms with Gasteiger partial charge in [0.05, 0.1) is 11.4 Å². The largest absolute Gasteiger partial charge is 0.507 e. The minimum Gasteiger partial charge on any atom is -0.507 e. The topological polar surface area (TPSA) is 72.3 Å². The van der Waals surface area contributed by atoms with Gasteiger partial charge in [0, 0.05) is 5.56 Å². The molecule has 0 saturated heterocycles. The molecule has 15 heavy (non-hydrogen) atoms. The highest BCUT2D eigenvalue weighted by Gasteiger charge is 2.04. The van der Waals surface area contributed by atoms with Crippen LogP contribution in [0.1, 0.15) is 0 Å². The summed E-state index contributed by atoms with van der Waals surface area (Å²) in [7, 11) is 0. The number of aromatic hydroxyl groups is 1. The summed E-state index contributed by atoms with van der Waals surface area (Å²) < 4.78 is 0. The van der Waals surface area contributed by atoms with Crippen molar-refractivity contribution in [3.63, 3.8) is 0 Å². The summed E-state index contributed by atoms with van der Waals surface area (Å²) in [4.78, 5) is 0. The van der Waals surface area contributed by atoms with E-state index in [1.807, 2.05) is 18.2 Å². The van der Waals surface area contributed by atoms with Gasteiger partial charge in [-0.3, -0.25) is 0 Å². The lowest BCUT2D eigenvalue weighted by molar-refractivity contribution is 0.477. The Morgan fingerprint density at radius 1 is 0.867 bits per heavy atom. The van der Waals surface area contributed by atoms with Crippen molar-refractivity contribution in [1.82, 2.24) is 0 Å². The van der Waals surface area contributed by atoms with Crippen molar-refractivity contribution in [1.29, 1.82) is 0 Å². The van der Waals surface area contributed by atoms with E-state index < -0.39 is 0 Å². The van der Waals surface area contributed by atoms with Crippen LogP contribution in [-0.4, -0.2) is 5.11 Å². The Kier molecular flexibility index (Phi) is 2.21. The van der Waals surface area contributed by atoms with Gasteiger partial charge in [0.1, 0.15) is 5.75 Å². The molecule has 0 radical (unpaired) electrons. The van der Waals surface area contributed by atoms with Gasteiger partial charge in [-0.1, -0.05) is 24.3 Å². The second-order valence-corrected chi connectivity index (χ2v) is 3.36. The molecule has 3 nitrogen and oxygen atoms in total. The highest BCUT2D eigenvalue weighted by Crippen LogP contribution is 2.31. The van der Waals surface area contributed by atoms with Crippen LogP contribution in [0.5, 0.6) is 5.75 Å². The number of benzene rings is 2. The summed E-state index contributed by atoms with van der Waals surface area (Å²) in [6.07, 6.45) is 0. The zero-order chi connectivity index (χ0) is 10.8. The number of hydrogen-bond donors (Lipinski definition) is 3. The van der Waals surface area contributed by atoms with E-state index >= 15 is 0 Å². The molecule has 3 heteroatoms. The van der Waals surface area contributed by atoms with Crippen LogP contribution in [-0.2, 0) is 0 Å². The predicted molar refractivity (Wildman–Crippen MR) is 62.4 cm³/mol. The summed E-state index contributed by atoms with van der Waals surface area (Å²) in [6.45, 7) is 0. The molecule has 0 aliphatic carbocycles. The van der Waals surface area contributed by atoms with E-state index in [9.17, 15) is 5.11 Å². The average Bonchev–Trinajstić information content (AvgIpc) is 2.23. The molecule has 0 amide bonds. The van der Waals surface area contributed by atoms with Gasteiger partial charge >= 0.3 is 0 Å². The van der Waals surface area contributed by atoms with Gasteiger partial charge in [0.2, 0.25) is 0 Å². The number of rotatable bonds is 1. The molecule has 2 aromatic rings. The minimum atomic E-state index is 0.238. The van der Waals surface area contributed by atoms with Crippen molar-refractivity contribution >= 4 is 11.4 Å². The highest BCUT2D eigenvalue weighted by molar-refractivity contribution is 5.77. The van der Waals surface area contributed by atoms with Crippen LogP contribution in [0.2, 0.25) is 0 Å². The maximum Gasteiger partial charge on any atom is 0.123 e. The van der Waals surface area contributed by atoms with Gasteiger partial charge in [-0.15, -0.1) is 0 Å². The van der Waals surface area contributed by atoms with Crippen LogP contribution in [0.4, 0.5) is 11.4 Å². The first-order valence-corrected chi connectivity index (χ1v) is 4.62. The van der Waals surface area contributed by atoms with Gasteiger partial charge in [-0.25, -0.2) is 0 Å². The van der Waals surface area contributed by atoms with E-state index in [1.54, 1.807) is 24.3 Å². The summed E-state index contributed by atoms with van der Waals surface area (Å²) in [5, 5.41) is 9.65. The molecule has 0 saturated carbocycles. The number of para-hydroxylation sites is 1. The lowest BCUT2D eigenvalue weighted by Gasteiger charge is -2.06. The molecule has 0 bridgehead atoms. The molecule has 76 valence electrons. The molecule has 0 atom stereocenters. The van der Waals surface area contributed by atoms with Gasteiger partial charge in [-0.2, -0.15) is 0 Å². The quantitative estimate of drug-likeness (QED) is 0.618. The van der Waals surface area contributed by atoms with Crippen LogP contribution >= 0.6 is 0 Å². The van der Waals surface area contributed by atoms with Gasteiger partial charge in [0.25, 0.3) is 0 Å². The summed E-state index contributed by atoms with van der Waals surface area (Å²) >= 11 is 0. The first kappa shape index (κ1) is 9.40. The Bertz CT molecular complexity index is 495. The molecule has 0 unspecified atom stereocenters. The van der Waals surface area contributed by atoms with E-state index in [-0.39, 0.29) is 5.75 Å². The first-order valence-electron chi connectivity index (χ1n) is 4.62. The molecule has 2 aromatic carbocycles. The Balaban J connectivity index is 2.55.